The lowest BCUT2D eigenvalue weighted by atomic mass is 9.95. The van der Waals surface area contributed by atoms with E-state index in [4.69, 9.17) is 4.98 Å². The van der Waals surface area contributed by atoms with Crippen LogP contribution in [0.15, 0.2) is 48.5 Å². The van der Waals surface area contributed by atoms with Crippen LogP contribution in [0.4, 0.5) is 0 Å². The maximum atomic E-state index is 13.6. The van der Waals surface area contributed by atoms with Crippen molar-refractivity contribution < 1.29 is 14.4 Å². The van der Waals surface area contributed by atoms with Crippen LogP contribution in [0.5, 0.6) is 0 Å². The van der Waals surface area contributed by atoms with Crippen molar-refractivity contribution in [1.82, 2.24) is 20.2 Å². The van der Waals surface area contributed by atoms with Crippen molar-refractivity contribution in [2.45, 2.75) is 90.1 Å². The van der Waals surface area contributed by atoms with Gasteiger partial charge in [-0.05, 0) is 56.2 Å². The molecule has 4 rings (SSSR count). The molecule has 7 nitrogen and oxygen atoms in total. The molecule has 0 spiro atoms. The predicted octanol–water partition coefficient (Wildman–Crippen LogP) is 5.23. The average Bonchev–Trinajstić information content (AvgIpc) is 3.38. The van der Waals surface area contributed by atoms with Gasteiger partial charge in [-0.25, -0.2) is 4.98 Å². The molecule has 2 heterocycles. The molecule has 1 aliphatic heterocycles. The predicted molar refractivity (Wildman–Crippen MR) is 150 cm³/mol. The van der Waals surface area contributed by atoms with E-state index in [2.05, 4.69) is 17.2 Å². The minimum Gasteiger partial charge on any atom is -0.346 e. The van der Waals surface area contributed by atoms with Gasteiger partial charge >= 0.3 is 0 Å². The Bertz CT molecular complexity index is 1250. The Morgan fingerprint density at radius 2 is 1.87 bits per heavy atom. The third kappa shape index (κ3) is 6.88. The molecule has 3 aromatic rings. The minimum atomic E-state index is -0.848. The number of fused-ring (bicyclic) bond motifs is 1. The minimum absolute atomic E-state index is 0.00162. The molecule has 0 unspecified atom stereocenters. The summed E-state index contributed by atoms with van der Waals surface area (Å²) in [5.74, 6) is 0.167. The summed E-state index contributed by atoms with van der Waals surface area (Å²) in [5.41, 5.74) is 3.98. The lowest BCUT2D eigenvalue weighted by molar-refractivity contribution is -0.138. The molecular weight excluding hydrogens is 476 g/mol. The van der Waals surface area contributed by atoms with Crippen LogP contribution in [0.1, 0.15) is 81.7 Å². The van der Waals surface area contributed by atoms with Gasteiger partial charge in [-0.2, -0.15) is 0 Å². The Morgan fingerprint density at radius 3 is 2.61 bits per heavy atom. The number of nitrogens with one attached hydrogen (secondary N) is 2. The number of carbonyl (C=O) groups is 3. The van der Waals surface area contributed by atoms with Crippen LogP contribution in [0, 0.1) is 6.92 Å². The summed E-state index contributed by atoms with van der Waals surface area (Å²) in [7, 11) is 0. The van der Waals surface area contributed by atoms with Crippen LogP contribution in [0.2, 0.25) is 0 Å². The van der Waals surface area contributed by atoms with Crippen molar-refractivity contribution in [3.8, 4) is 0 Å². The van der Waals surface area contributed by atoms with Crippen LogP contribution >= 0.6 is 0 Å². The molecule has 2 N–H and O–H groups in total. The van der Waals surface area contributed by atoms with Crippen LogP contribution in [-0.4, -0.2) is 51.1 Å². The Kier molecular flexibility index (Phi) is 9.32. The third-order valence-corrected chi connectivity index (χ3v) is 7.71. The number of aryl methyl sites for hydroxylation is 2. The number of carbonyl (C=O) groups excluding carboxylic acids is 3. The SMILES string of the molecule is CC[C@H]1CCCCN1C(=O)C[C@H](NC(=O)CCc1ccccc1)C(=O)C[C@@H](C)c1nc2c(C)cccc2[nH]1. The normalized spacial score (nSPS) is 17.2. The molecule has 2 amide bonds. The topological polar surface area (TPSA) is 95.2 Å². The number of H-pyrrole nitrogens is 1. The van der Waals surface area contributed by atoms with Crippen LogP contribution in [-0.2, 0) is 20.8 Å². The number of Topliss-reactive ketones (excluding diaryl/α,β-unsaturated/α-hetero) is 1. The van der Waals surface area contributed by atoms with Gasteiger partial charge in [0.2, 0.25) is 11.8 Å². The van der Waals surface area contributed by atoms with Gasteiger partial charge < -0.3 is 15.2 Å². The first-order valence-corrected chi connectivity index (χ1v) is 14.0. The first-order valence-electron chi connectivity index (χ1n) is 14.0. The number of aromatic amines is 1. The fraction of sp³-hybridized carbons (Fsp3) is 0.484. The Hall–Kier alpha value is -3.48. The molecule has 1 fully saturated rings. The van der Waals surface area contributed by atoms with Gasteiger partial charge in [0.15, 0.2) is 5.78 Å². The number of likely N-dealkylation sites (tertiary alicyclic amines) is 1. The Morgan fingerprint density at radius 1 is 1.08 bits per heavy atom. The number of ketones is 1. The van der Waals surface area contributed by atoms with Crippen molar-refractivity contribution in [3.63, 3.8) is 0 Å². The van der Waals surface area contributed by atoms with Gasteiger partial charge in [-0.1, -0.05) is 56.3 Å². The molecule has 7 heteroatoms. The highest BCUT2D eigenvalue weighted by molar-refractivity contribution is 5.93. The van der Waals surface area contributed by atoms with E-state index in [-0.39, 0.29) is 48.8 Å². The van der Waals surface area contributed by atoms with Crippen molar-refractivity contribution >= 4 is 28.6 Å². The van der Waals surface area contributed by atoms with E-state index in [0.717, 1.165) is 60.2 Å². The fourth-order valence-electron chi connectivity index (χ4n) is 5.43. The zero-order valence-electron chi connectivity index (χ0n) is 22.8. The van der Waals surface area contributed by atoms with E-state index in [1.54, 1.807) is 0 Å². The maximum absolute atomic E-state index is 13.6. The van der Waals surface area contributed by atoms with Gasteiger partial charge in [-0.15, -0.1) is 0 Å². The molecule has 2 aromatic carbocycles. The average molecular weight is 517 g/mol. The van der Waals surface area contributed by atoms with Crippen molar-refractivity contribution in [2.75, 3.05) is 6.54 Å². The Balaban J connectivity index is 1.46. The van der Waals surface area contributed by atoms with Gasteiger partial charge in [0.1, 0.15) is 5.82 Å². The van der Waals surface area contributed by atoms with Crippen molar-refractivity contribution in [3.05, 3.63) is 65.5 Å². The van der Waals surface area contributed by atoms with Gasteiger partial charge in [0.05, 0.1) is 23.5 Å². The molecule has 0 radical (unpaired) electrons. The molecule has 1 aliphatic rings. The number of rotatable bonds is 11. The van der Waals surface area contributed by atoms with Gasteiger partial charge in [0.25, 0.3) is 0 Å². The molecule has 1 aromatic heterocycles. The Labute approximate surface area is 225 Å². The van der Waals surface area contributed by atoms with E-state index >= 15 is 0 Å². The van der Waals surface area contributed by atoms with Crippen molar-refractivity contribution in [1.29, 1.82) is 0 Å². The fourth-order valence-corrected chi connectivity index (χ4v) is 5.43. The number of amides is 2. The number of hydrogen-bond acceptors (Lipinski definition) is 4. The first kappa shape index (κ1) is 27.6. The summed E-state index contributed by atoms with van der Waals surface area (Å²) >= 11 is 0. The highest BCUT2D eigenvalue weighted by Gasteiger charge is 2.31. The zero-order chi connectivity index (χ0) is 27.1. The number of aromatic nitrogens is 2. The smallest absolute Gasteiger partial charge is 0.225 e. The second kappa shape index (κ2) is 12.9. The summed E-state index contributed by atoms with van der Waals surface area (Å²) in [6, 6.07) is 15.1. The van der Waals surface area contributed by atoms with E-state index < -0.39 is 6.04 Å². The van der Waals surface area contributed by atoms with Gasteiger partial charge in [-0.3, -0.25) is 14.4 Å². The number of piperidine rings is 1. The monoisotopic (exact) mass is 516 g/mol. The summed E-state index contributed by atoms with van der Waals surface area (Å²) in [6.45, 7) is 6.79. The highest BCUT2D eigenvalue weighted by atomic mass is 16.2. The van der Waals surface area contributed by atoms with E-state index in [1.165, 1.54) is 0 Å². The molecule has 38 heavy (non-hydrogen) atoms. The molecule has 1 saturated heterocycles. The number of imidazole rings is 1. The first-order chi connectivity index (χ1) is 18.4. The zero-order valence-corrected chi connectivity index (χ0v) is 22.8. The van der Waals surface area contributed by atoms with E-state index in [1.807, 2.05) is 67.3 Å². The molecule has 202 valence electrons. The maximum Gasteiger partial charge on any atom is 0.225 e. The summed E-state index contributed by atoms with van der Waals surface area (Å²) in [4.78, 5) is 49.8. The van der Waals surface area contributed by atoms with E-state index in [9.17, 15) is 14.4 Å². The largest absolute Gasteiger partial charge is 0.346 e. The molecule has 0 saturated carbocycles. The van der Waals surface area contributed by atoms with Crippen LogP contribution < -0.4 is 5.32 Å². The second-order valence-corrected chi connectivity index (χ2v) is 10.6. The number of hydrogen-bond donors (Lipinski definition) is 2. The van der Waals surface area contributed by atoms with Gasteiger partial charge in [0, 0.05) is 31.3 Å². The summed E-state index contributed by atoms with van der Waals surface area (Å²) < 4.78 is 0. The molecular formula is C31H40N4O3. The lowest BCUT2D eigenvalue weighted by Crippen LogP contribution is -2.49. The van der Waals surface area contributed by atoms with E-state index in [0.29, 0.717) is 6.42 Å². The molecule has 3 atom stereocenters. The number of nitrogens with zero attached hydrogens (tertiary/aromatic N) is 2. The van der Waals surface area contributed by atoms with Crippen molar-refractivity contribution in [2.24, 2.45) is 0 Å². The lowest BCUT2D eigenvalue weighted by Gasteiger charge is -2.36. The summed E-state index contributed by atoms with van der Waals surface area (Å²) in [5, 5.41) is 2.92. The van der Waals surface area contributed by atoms with Crippen LogP contribution in [0.3, 0.4) is 0 Å². The highest BCUT2D eigenvalue weighted by Crippen LogP contribution is 2.24. The quantitative estimate of drug-likeness (QED) is 0.365. The number of para-hydroxylation sites is 1. The van der Waals surface area contributed by atoms with Crippen LogP contribution in [0.25, 0.3) is 11.0 Å². The summed E-state index contributed by atoms with van der Waals surface area (Å²) in [6.07, 6.45) is 5.03. The standard InChI is InChI=1S/C31H40N4O3/c1-4-24-14-8-9-18-35(24)29(38)20-26(32-28(37)17-16-23-12-6-5-7-13-23)27(36)19-22(3)31-33-25-15-10-11-21(2)30(25)34-31/h5-7,10-13,15,22,24,26H,4,8-9,14,16-20H2,1-3H3,(H,32,37)(H,33,34)/t22-,24+,26+/m1/s1. The number of benzene rings is 2. The molecule has 0 bridgehead atoms. The second-order valence-electron chi connectivity index (χ2n) is 10.6. The third-order valence-electron chi connectivity index (χ3n) is 7.71. The molecule has 0 aliphatic carbocycles.